The van der Waals surface area contributed by atoms with Crippen molar-refractivity contribution in [3.05, 3.63) is 71.3 Å². The highest BCUT2D eigenvalue weighted by molar-refractivity contribution is 6.17. The van der Waals surface area contributed by atoms with Crippen molar-refractivity contribution in [1.82, 2.24) is 0 Å². The zero-order valence-corrected chi connectivity index (χ0v) is 11.0. The lowest BCUT2D eigenvalue weighted by Crippen LogP contribution is -2.06. The number of halogens is 1. The number of rotatable bonds is 5. The number of hydrogen-bond acceptors (Lipinski definition) is 3. The van der Waals surface area contributed by atoms with Gasteiger partial charge >= 0.3 is 5.97 Å². The van der Waals surface area contributed by atoms with E-state index in [4.69, 9.17) is 21.4 Å². The van der Waals surface area contributed by atoms with E-state index in [1.165, 1.54) is 0 Å². The lowest BCUT2D eigenvalue weighted by atomic mass is 10.1. The Morgan fingerprint density at radius 3 is 2.26 bits per heavy atom. The van der Waals surface area contributed by atoms with Gasteiger partial charge in [0.2, 0.25) is 0 Å². The summed E-state index contributed by atoms with van der Waals surface area (Å²) in [6.07, 6.45) is 0. The van der Waals surface area contributed by atoms with E-state index in [0.29, 0.717) is 11.4 Å². The Morgan fingerprint density at radius 2 is 1.63 bits per heavy atom. The average molecular weight is 277 g/mol. The van der Waals surface area contributed by atoms with E-state index >= 15 is 0 Å². The van der Waals surface area contributed by atoms with Crippen LogP contribution in [0.3, 0.4) is 0 Å². The van der Waals surface area contributed by atoms with Crippen LogP contribution in [0.1, 0.15) is 21.5 Å². The summed E-state index contributed by atoms with van der Waals surface area (Å²) in [6, 6.07) is 16.4. The molecular formula is C15H13ClO3. The minimum Gasteiger partial charge on any atom is -0.292 e. The van der Waals surface area contributed by atoms with Crippen LogP contribution in [0.5, 0.6) is 0 Å². The van der Waals surface area contributed by atoms with Crippen LogP contribution in [0.2, 0.25) is 0 Å². The fraction of sp³-hybridized carbons (Fsp3) is 0.133. The lowest BCUT2D eigenvalue weighted by Gasteiger charge is -2.04. The van der Waals surface area contributed by atoms with Gasteiger partial charge in [0.05, 0.1) is 5.56 Å². The number of alkyl halides is 1. The standard InChI is InChI=1S/C15H13ClO3/c16-10-12-6-8-14(9-7-12)15(17)19-18-11-13-4-2-1-3-5-13/h1-9H,10-11H2. The van der Waals surface area contributed by atoms with E-state index in [1.807, 2.05) is 30.3 Å². The molecule has 0 atom stereocenters. The third-order valence-electron chi connectivity index (χ3n) is 2.55. The predicted octanol–water partition coefficient (Wildman–Crippen LogP) is 3.71. The van der Waals surface area contributed by atoms with Crippen LogP contribution in [0.15, 0.2) is 54.6 Å². The topological polar surface area (TPSA) is 35.5 Å². The van der Waals surface area contributed by atoms with E-state index < -0.39 is 5.97 Å². The van der Waals surface area contributed by atoms with Crippen LogP contribution >= 0.6 is 11.6 Å². The second-order valence-corrected chi connectivity index (χ2v) is 4.22. The van der Waals surface area contributed by atoms with Gasteiger partial charge in [0.1, 0.15) is 6.61 Å². The first-order valence-corrected chi connectivity index (χ1v) is 6.35. The summed E-state index contributed by atoms with van der Waals surface area (Å²) in [6.45, 7) is 0.229. The molecule has 0 saturated carbocycles. The summed E-state index contributed by atoms with van der Waals surface area (Å²) in [5, 5.41) is 0. The van der Waals surface area contributed by atoms with Crippen LogP contribution in [0.4, 0.5) is 0 Å². The van der Waals surface area contributed by atoms with Crippen LogP contribution in [-0.4, -0.2) is 5.97 Å². The van der Waals surface area contributed by atoms with Gasteiger partial charge in [-0.25, -0.2) is 4.79 Å². The van der Waals surface area contributed by atoms with E-state index in [1.54, 1.807) is 24.3 Å². The summed E-state index contributed by atoms with van der Waals surface area (Å²) in [5.41, 5.74) is 2.32. The zero-order valence-electron chi connectivity index (χ0n) is 10.2. The summed E-state index contributed by atoms with van der Waals surface area (Å²) in [4.78, 5) is 21.3. The monoisotopic (exact) mass is 276 g/mol. The first-order valence-electron chi connectivity index (χ1n) is 5.82. The first kappa shape index (κ1) is 13.6. The molecule has 0 aromatic heterocycles. The van der Waals surface area contributed by atoms with Crippen LogP contribution in [0.25, 0.3) is 0 Å². The first-order chi connectivity index (χ1) is 9.29. The molecule has 3 nitrogen and oxygen atoms in total. The van der Waals surface area contributed by atoms with Gasteiger partial charge in [-0.3, -0.25) is 4.89 Å². The molecule has 0 bridgehead atoms. The fourth-order valence-corrected chi connectivity index (χ4v) is 1.68. The Morgan fingerprint density at radius 1 is 0.947 bits per heavy atom. The van der Waals surface area contributed by atoms with Gasteiger partial charge in [-0.1, -0.05) is 42.5 Å². The molecule has 2 rings (SSSR count). The minimum atomic E-state index is -0.517. The molecular weight excluding hydrogens is 264 g/mol. The summed E-state index contributed by atoms with van der Waals surface area (Å²) < 4.78 is 0. The molecule has 0 spiro atoms. The number of carbonyl (C=O) groups is 1. The Kier molecular flexibility index (Phi) is 4.95. The van der Waals surface area contributed by atoms with E-state index in [9.17, 15) is 4.79 Å². The van der Waals surface area contributed by atoms with Crippen molar-refractivity contribution >= 4 is 17.6 Å². The Balaban J connectivity index is 1.84. The maximum absolute atomic E-state index is 11.7. The molecule has 0 radical (unpaired) electrons. The van der Waals surface area contributed by atoms with Crippen molar-refractivity contribution in [2.45, 2.75) is 12.5 Å². The highest BCUT2D eigenvalue weighted by atomic mass is 35.5. The molecule has 2 aromatic carbocycles. The van der Waals surface area contributed by atoms with Crippen molar-refractivity contribution in [3.63, 3.8) is 0 Å². The van der Waals surface area contributed by atoms with Gasteiger partial charge < -0.3 is 0 Å². The molecule has 0 unspecified atom stereocenters. The minimum absolute atomic E-state index is 0.229. The van der Waals surface area contributed by atoms with Gasteiger partial charge in [0.15, 0.2) is 0 Å². The van der Waals surface area contributed by atoms with E-state index in [0.717, 1.165) is 11.1 Å². The number of hydrogen-bond donors (Lipinski definition) is 0. The van der Waals surface area contributed by atoms with E-state index in [2.05, 4.69) is 0 Å². The molecule has 0 fully saturated rings. The molecule has 2 aromatic rings. The second kappa shape index (κ2) is 6.92. The zero-order chi connectivity index (χ0) is 13.5. The summed E-state index contributed by atoms with van der Waals surface area (Å²) in [7, 11) is 0. The van der Waals surface area contributed by atoms with Gasteiger partial charge in [-0.2, -0.15) is 4.89 Å². The molecule has 0 aliphatic rings. The quantitative estimate of drug-likeness (QED) is 0.474. The largest absolute Gasteiger partial charge is 0.373 e. The van der Waals surface area contributed by atoms with Gasteiger partial charge in [0, 0.05) is 5.88 Å². The van der Waals surface area contributed by atoms with Crippen LogP contribution in [0, 0.1) is 0 Å². The van der Waals surface area contributed by atoms with Gasteiger partial charge in [-0.05, 0) is 23.3 Å². The maximum atomic E-state index is 11.7. The molecule has 0 saturated heterocycles. The normalized spacial score (nSPS) is 10.2. The molecule has 0 aliphatic carbocycles. The molecule has 0 N–H and O–H groups in total. The lowest BCUT2D eigenvalue weighted by molar-refractivity contribution is -0.250. The number of benzene rings is 2. The van der Waals surface area contributed by atoms with Crippen molar-refractivity contribution in [1.29, 1.82) is 0 Å². The van der Waals surface area contributed by atoms with E-state index in [-0.39, 0.29) is 6.61 Å². The molecule has 98 valence electrons. The smallest absolute Gasteiger partial charge is 0.292 e. The van der Waals surface area contributed by atoms with Gasteiger partial charge in [-0.15, -0.1) is 11.6 Å². The Hall–Kier alpha value is -1.84. The molecule has 19 heavy (non-hydrogen) atoms. The average Bonchev–Trinajstić information content (AvgIpc) is 2.48. The van der Waals surface area contributed by atoms with Crippen molar-refractivity contribution in [3.8, 4) is 0 Å². The highest BCUT2D eigenvalue weighted by Crippen LogP contribution is 2.09. The Bertz CT molecular complexity index is 523. The summed E-state index contributed by atoms with van der Waals surface area (Å²) >= 11 is 5.67. The number of carbonyl (C=O) groups excluding carboxylic acids is 1. The third kappa shape index (κ3) is 4.09. The summed E-state index contributed by atoms with van der Waals surface area (Å²) in [5.74, 6) is -0.100. The predicted molar refractivity (Wildman–Crippen MR) is 72.6 cm³/mol. The van der Waals surface area contributed by atoms with Gasteiger partial charge in [0.25, 0.3) is 0 Å². The molecule has 0 aliphatic heterocycles. The second-order valence-electron chi connectivity index (χ2n) is 3.95. The van der Waals surface area contributed by atoms with Crippen molar-refractivity contribution in [2.24, 2.45) is 0 Å². The SMILES string of the molecule is O=C(OOCc1ccccc1)c1ccc(CCl)cc1. The highest BCUT2D eigenvalue weighted by Gasteiger charge is 2.08. The van der Waals surface area contributed by atoms with Crippen molar-refractivity contribution < 1.29 is 14.6 Å². The van der Waals surface area contributed by atoms with Crippen LogP contribution < -0.4 is 0 Å². The Labute approximate surface area is 116 Å². The fourth-order valence-electron chi connectivity index (χ4n) is 1.50. The molecule has 0 heterocycles. The molecule has 4 heteroatoms. The third-order valence-corrected chi connectivity index (χ3v) is 2.86. The van der Waals surface area contributed by atoms with Crippen LogP contribution in [-0.2, 0) is 22.3 Å². The van der Waals surface area contributed by atoms with Crippen molar-refractivity contribution in [2.75, 3.05) is 0 Å². The maximum Gasteiger partial charge on any atom is 0.373 e. The molecule has 0 amide bonds.